The summed E-state index contributed by atoms with van der Waals surface area (Å²) >= 11 is 2.40. The van der Waals surface area contributed by atoms with Crippen molar-refractivity contribution in [1.82, 2.24) is 0 Å². The lowest BCUT2D eigenvalue weighted by atomic mass is 9.88. The molecule has 0 bridgehead atoms. The molecule has 25 heavy (non-hydrogen) atoms. The van der Waals surface area contributed by atoms with Gasteiger partial charge in [0.05, 0.1) is 0 Å². The molecular weight excluding hydrogens is 423 g/mol. The van der Waals surface area contributed by atoms with Crippen molar-refractivity contribution in [2.45, 2.75) is 38.9 Å². The van der Waals surface area contributed by atoms with Crippen molar-refractivity contribution >= 4 is 33.7 Å². The zero-order valence-electron chi connectivity index (χ0n) is 14.9. The molecule has 0 atom stereocenters. The number of ether oxygens (including phenoxy) is 1. The normalized spacial score (nSPS) is 18.3. The topological polar surface area (TPSA) is 29.5 Å². The van der Waals surface area contributed by atoms with Crippen LogP contribution < -0.4 is 0 Å². The predicted octanol–water partition coefficient (Wildman–Crippen LogP) is 5.40. The van der Waals surface area contributed by atoms with Crippen molar-refractivity contribution in [3.63, 3.8) is 0 Å². The molecule has 3 heteroatoms. The van der Waals surface area contributed by atoms with Gasteiger partial charge in [-0.1, -0.05) is 42.5 Å². The summed E-state index contributed by atoms with van der Waals surface area (Å²) < 4.78 is 7.51. The minimum Gasteiger partial charge on any atom is -0.484 e. The van der Waals surface area contributed by atoms with E-state index >= 15 is 0 Å². The Kier molecular flexibility index (Phi) is 3.68. The van der Waals surface area contributed by atoms with E-state index in [2.05, 4.69) is 85.0 Å². The van der Waals surface area contributed by atoms with Gasteiger partial charge in [-0.05, 0) is 78.6 Å². The SMILES string of the molecule is CC(C)(O)C1=C2C(=C(c3ccccc3I)c3ccccc32)C(C)(C)O1. The first kappa shape index (κ1) is 16.9. The van der Waals surface area contributed by atoms with Gasteiger partial charge in [0.2, 0.25) is 0 Å². The lowest BCUT2D eigenvalue weighted by molar-refractivity contribution is -0.000845. The molecule has 2 aliphatic rings. The summed E-state index contributed by atoms with van der Waals surface area (Å²) in [5.74, 6) is 0.667. The lowest BCUT2D eigenvalue weighted by Crippen LogP contribution is -2.28. The van der Waals surface area contributed by atoms with Crippen LogP contribution in [-0.2, 0) is 4.74 Å². The van der Waals surface area contributed by atoms with Crippen LogP contribution in [0.15, 0.2) is 59.9 Å². The number of benzene rings is 2. The van der Waals surface area contributed by atoms with Crippen LogP contribution in [0.3, 0.4) is 0 Å². The highest BCUT2D eigenvalue weighted by Crippen LogP contribution is 2.57. The van der Waals surface area contributed by atoms with Crippen LogP contribution in [0.1, 0.15) is 44.4 Å². The van der Waals surface area contributed by atoms with Crippen molar-refractivity contribution in [2.24, 2.45) is 0 Å². The zero-order valence-corrected chi connectivity index (χ0v) is 17.0. The van der Waals surface area contributed by atoms with Gasteiger partial charge < -0.3 is 9.84 Å². The number of hydrogen-bond acceptors (Lipinski definition) is 2. The van der Waals surface area contributed by atoms with Gasteiger partial charge in [-0.25, -0.2) is 0 Å². The van der Waals surface area contributed by atoms with Crippen molar-refractivity contribution < 1.29 is 9.84 Å². The third-order valence-electron chi connectivity index (χ3n) is 4.85. The summed E-state index contributed by atoms with van der Waals surface area (Å²) in [5.41, 5.74) is 5.52. The average Bonchev–Trinajstić information content (AvgIpc) is 3.01. The number of fused-ring (bicyclic) bond motifs is 3. The molecule has 2 nitrogen and oxygen atoms in total. The van der Waals surface area contributed by atoms with Crippen LogP contribution in [0, 0.1) is 3.57 Å². The number of aliphatic hydroxyl groups is 1. The second-order valence-corrected chi connectivity index (χ2v) is 8.81. The van der Waals surface area contributed by atoms with Gasteiger partial charge in [-0.2, -0.15) is 0 Å². The second-order valence-electron chi connectivity index (χ2n) is 7.65. The molecule has 1 aliphatic carbocycles. The third kappa shape index (κ3) is 2.48. The molecule has 2 aromatic carbocycles. The second kappa shape index (κ2) is 5.45. The maximum absolute atomic E-state index is 10.7. The minimum atomic E-state index is -1.03. The highest BCUT2D eigenvalue weighted by molar-refractivity contribution is 14.1. The van der Waals surface area contributed by atoms with Gasteiger partial charge in [0.15, 0.2) is 0 Å². The first-order chi connectivity index (χ1) is 11.7. The fourth-order valence-electron chi connectivity index (χ4n) is 3.88. The molecule has 0 saturated heterocycles. The fraction of sp³-hybridized carbons (Fsp3) is 0.273. The molecule has 4 rings (SSSR count). The molecule has 0 unspecified atom stereocenters. The molecule has 2 aromatic rings. The molecule has 1 N–H and O–H groups in total. The Hall–Kier alpha value is -1.59. The average molecular weight is 444 g/mol. The Labute approximate surface area is 162 Å². The number of hydrogen-bond donors (Lipinski definition) is 1. The van der Waals surface area contributed by atoms with Crippen LogP contribution in [0.25, 0.3) is 11.1 Å². The third-order valence-corrected chi connectivity index (χ3v) is 5.79. The Balaban J connectivity index is 2.14. The lowest BCUT2D eigenvalue weighted by Gasteiger charge is -2.27. The van der Waals surface area contributed by atoms with Gasteiger partial charge in [0, 0.05) is 14.7 Å². The van der Waals surface area contributed by atoms with E-state index < -0.39 is 11.2 Å². The summed E-state index contributed by atoms with van der Waals surface area (Å²) in [6.45, 7) is 7.76. The molecule has 1 heterocycles. The standard InChI is InChI=1S/C22H21IO2/c1-21(2,24)20-18-14-10-6-5-9-13(14)17(19(18)22(3,4)25-20)15-11-7-8-12-16(15)23/h5-12,24H,1-4H3. The molecule has 0 amide bonds. The van der Waals surface area contributed by atoms with E-state index in [-0.39, 0.29) is 0 Å². The van der Waals surface area contributed by atoms with Crippen LogP contribution >= 0.6 is 22.6 Å². The van der Waals surface area contributed by atoms with E-state index in [1.165, 1.54) is 25.8 Å². The van der Waals surface area contributed by atoms with Crippen molar-refractivity contribution in [3.05, 3.63) is 80.1 Å². The Morgan fingerprint density at radius 1 is 0.880 bits per heavy atom. The van der Waals surface area contributed by atoms with Crippen molar-refractivity contribution in [1.29, 1.82) is 0 Å². The van der Waals surface area contributed by atoms with E-state index in [4.69, 9.17) is 4.74 Å². The minimum absolute atomic E-state index is 0.488. The number of rotatable bonds is 2. The Morgan fingerprint density at radius 2 is 1.40 bits per heavy atom. The maximum Gasteiger partial charge on any atom is 0.137 e. The molecule has 0 spiro atoms. The molecular formula is C22H21IO2. The van der Waals surface area contributed by atoms with E-state index in [1.807, 2.05) is 0 Å². The van der Waals surface area contributed by atoms with E-state index in [0.29, 0.717) is 5.76 Å². The number of halogens is 1. The van der Waals surface area contributed by atoms with Gasteiger partial charge in [0.1, 0.15) is 17.0 Å². The van der Waals surface area contributed by atoms with Gasteiger partial charge >= 0.3 is 0 Å². The largest absolute Gasteiger partial charge is 0.484 e. The smallest absolute Gasteiger partial charge is 0.137 e. The monoisotopic (exact) mass is 444 g/mol. The quantitative estimate of drug-likeness (QED) is 0.629. The zero-order chi connectivity index (χ0) is 18.0. The summed E-state index contributed by atoms with van der Waals surface area (Å²) in [5, 5.41) is 10.7. The summed E-state index contributed by atoms with van der Waals surface area (Å²) in [4.78, 5) is 0. The maximum atomic E-state index is 10.7. The molecule has 0 saturated carbocycles. The predicted molar refractivity (Wildman–Crippen MR) is 110 cm³/mol. The Morgan fingerprint density at radius 3 is 1.96 bits per heavy atom. The van der Waals surface area contributed by atoms with Crippen LogP contribution in [0.4, 0.5) is 0 Å². The molecule has 128 valence electrons. The van der Waals surface area contributed by atoms with Crippen molar-refractivity contribution in [3.8, 4) is 0 Å². The first-order valence-corrected chi connectivity index (χ1v) is 9.55. The van der Waals surface area contributed by atoms with Crippen LogP contribution in [-0.4, -0.2) is 16.3 Å². The van der Waals surface area contributed by atoms with Gasteiger partial charge in [0.25, 0.3) is 0 Å². The summed E-state index contributed by atoms with van der Waals surface area (Å²) in [6, 6.07) is 16.9. The van der Waals surface area contributed by atoms with Gasteiger partial charge in [-0.15, -0.1) is 0 Å². The first-order valence-electron chi connectivity index (χ1n) is 8.48. The molecule has 0 aromatic heterocycles. The highest BCUT2D eigenvalue weighted by Gasteiger charge is 2.48. The van der Waals surface area contributed by atoms with Gasteiger partial charge in [-0.3, -0.25) is 0 Å². The summed E-state index contributed by atoms with van der Waals surface area (Å²) in [6.07, 6.45) is 0. The van der Waals surface area contributed by atoms with E-state index in [9.17, 15) is 5.11 Å². The fourth-order valence-corrected chi connectivity index (χ4v) is 4.54. The van der Waals surface area contributed by atoms with Crippen LogP contribution in [0.5, 0.6) is 0 Å². The molecule has 0 radical (unpaired) electrons. The molecule has 1 aliphatic heterocycles. The molecule has 0 fully saturated rings. The van der Waals surface area contributed by atoms with Crippen molar-refractivity contribution in [2.75, 3.05) is 0 Å². The summed E-state index contributed by atoms with van der Waals surface area (Å²) in [7, 11) is 0. The Bertz CT molecular complexity index is 942. The van der Waals surface area contributed by atoms with E-state index in [1.54, 1.807) is 13.8 Å². The van der Waals surface area contributed by atoms with E-state index in [0.717, 1.165) is 11.1 Å². The highest BCUT2D eigenvalue weighted by atomic mass is 127. The van der Waals surface area contributed by atoms with Crippen LogP contribution in [0.2, 0.25) is 0 Å².